The maximum absolute atomic E-state index is 12.2. The third-order valence-corrected chi connectivity index (χ3v) is 3.43. The van der Waals surface area contributed by atoms with Crippen molar-refractivity contribution in [1.29, 1.82) is 0 Å². The molecule has 0 heterocycles. The Labute approximate surface area is 138 Å². The van der Waals surface area contributed by atoms with Crippen LogP contribution in [0.25, 0.3) is 0 Å². The summed E-state index contributed by atoms with van der Waals surface area (Å²) in [5, 5.41) is 14.0. The number of benzene rings is 2. The van der Waals surface area contributed by atoms with Crippen molar-refractivity contribution in [3.05, 3.63) is 63.2 Å². The number of carbonyl (C=O) groups excluding carboxylic acids is 1. The summed E-state index contributed by atoms with van der Waals surface area (Å²) in [6, 6.07) is 10.9. The van der Waals surface area contributed by atoms with Gasteiger partial charge in [-0.3, -0.25) is 14.9 Å². The molecule has 7 heteroatoms. The van der Waals surface area contributed by atoms with Crippen molar-refractivity contribution < 1.29 is 14.5 Å². The molecule has 1 N–H and O–H groups in total. The molecular weight excluding hydrogens is 320 g/mol. The minimum absolute atomic E-state index is 0.0223. The van der Waals surface area contributed by atoms with Gasteiger partial charge in [0.05, 0.1) is 4.92 Å². The number of non-ortho nitro benzene ring substituents is 1. The largest absolute Gasteiger partial charge is 0.481 e. The Bertz CT molecular complexity index is 731. The van der Waals surface area contributed by atoms with Crippen molar-refractivity contribution in [2.45, 2.75) is 20.0 Å². The summed E-state index contributed by atoms with van der Waals surface area (Å²) in [5.41, 5.74) is 1.09. The zero-order valence-electron chi connectivity index (χ0n) is 12.6. The quantitative estimate of drug-likeness (QED) is 0.662. The Morgan fingerprint density at radius 1 is 1.26 bits per heavy atom. The van der Waals surface area contributed by atoms with Crippen molar-refractivity contribution in [2.75, 3.05) is 5.32 Å². The number of carbonyl (C=O) groups is 1. The molecule has 0 radical (unpaired) electrons. The van der Waals surface area contributed by atoms with Gasteiger partial charge in [0.15, 0.2) is 6.10 Å². The second-order valence-electron chi connectivity index (χ2n) is 4.96. The fourth-order valence-electron chi connectivity index (χ4n) is 1.91. The van der Waals surface area contributed by atoms with Crippen LogP contribution in [0.1, 0.15) is 12.5 Å². The summed E-state index contributed by atoms with van der Waals surface area (Å²) >= 11 is 5.79. The minimum Gasteiger partial charge on any atom is -0.481 e. The van der Waals surface area contributed by atoms with Gasteiger partial charge in [0.2, 0.25) is 0 Å². The predicted octanol–water partition coefficient (Wildman–Crippen LogP) is 3.96. The molecule has 120 valence electrons. The highest BCUT2D eigenvalue weighted by molar-refractivity contribution is 6.30. The van der Waals surface area contributed by atoms with Crippen LogP contribution >= 0.6 is 11.6 Å². The van der Waals surface area contributed by atoms with Crippen molar-refractivity contribution >= 4 is 28.9 Å². The van der Waals surface area contributed by atoms with Crippen molar-refractivity contribution in [2.24, 2.45) is 0 Å². The molecule has 1 amide bonds. The Hall–Kier alpha value is -2.60. The standard InChI is InChI=1S/C16H15ClN2O4/c1-10-9-13(19(21)22)5-8-15(10)18-16(20)11(2)23-14-6-3-12(17)4-7-14/h3-9,11H,1-2H3,(H,18,20). The molecule has 2 rings (SSSR count). The second-order valence-corrected chi connectivity index (χ2v) is 5.40. The number of halogens is 1. The first kappa shape index (κ1) is 16.8. The fourth-order valence-corrected chi connectivity index (χ4v) is 2.03. The van der Waals surface area contributed by atoms with Crippen molar-refractivity contribution in [3.8, 4) is 5.75 Å². The topological polar surface area (TPSA) is 81.5 Å². The van der Waals surface area contributed by atoms with Gasteiger partial charge in [0.25, 0.3) is 11.6 Å². The van der Waals surface area contributed by atoms with E-state index in [-0.39, 0.29) is 11.6 Å². The first-order valence-electron chi connectivity index (χ1n) is 6.85. The van der Waals surface area contributed by atoms with Gasteiger partial charge in [-0.2, -0.15) is 0 Å². The number of hydrogen-bond donors (Lipinski definition) is 1. The number of hydrogen-bond acceptors (Lipinski definition) is 4. The monoisotopic (exact) mass is 334 g/mol. The summed E-state index contributed by atoms with van der Waals surface area (Å²) in [7, 11) is 0. The predicted molar refractivity (Wildman–Crippen MR) is 88.0 cm³/mol. The molecule has 0 aliphatic rings. The molecular formula is C16H15ClN2O4. The maximum Gasteiger partial charge on any atom is 0.269 e. The molecule has 2 aromatic rings. The molecule has 0 saturated carbocycles. The van der Waals surface area contributed by atoms with Gasteiger partial charge in [-0.25, -0.2) is 0 Å². The van der Waals surface area contributed by atoms with Crippen LogP contribution < -0.4 is 10.1 Å². The van der Waals surface area contributed by atoms with E-state index in [1.54, 1.807) is 38.1 Å². The molecule has 0 spiro atoms. The van der Waals surface area contributed by atoms with E-state index < -0.39 is 11.0 Å². The molecule has 0 fully saturated rings. The zero-order chi connectivity index (χ0) is 17.0. The van der Waals surface area contributed by atoms with E-state index >= 15 is 0 Å². The smallest absolute Gasteiger partial charge is 0.269 e. The number of nitrogens with zero attached hydrogens (tertiary/aromatic N) is 1. The molecule has 0 aromatic heterocycles. The van der Waals surface area contributed by atoms with Gasteiger partial charge < -0.3 is 10.1 Å². The first-order chi connectivity index (χ1) is 10.9. The van der Waals surface area contributed by atoms with E-state index in [0.717, 1.165) is 0 Å². The van der Waals surface area contributed by atoms with Gasteiger partial charge in [0.1, 0.15) is 5.75 Å². The average molecular weight is 335 g/mol. The molecule has 0 saturated heterocycles. The first-order valence-corrected chi connectivity index (χ1v) is 7.23. The number of amides is 1. The molecule has 0 bridgehead atoms. The lowest BCUT2D eigenvalue weighted by molar-refractivity contribution is -0.384. The number of rotatable bonds is 5. The van der Waals surface area contributed by atoms with Gasteiger partial charge in [0, 0.05) is 22.8 Å². The molecule has 1 unspecified atom stereocenters. The Kier molecular flexibility index (Phi) is 5.18. The van der Waals surface area contributed by atoms with Gasteiger partial charge in [-0.1, -0.05) is 11.6 Å². The van der Waals surface area contributed by atoms with Crippen LogP contribution in [0, 0.1) is 17.0 Å². The number of nitro groups is 1. The lowest BCUT2D eigenvalue weighted by Gasteiger charge is -2.15. The molecule has 0 aliphatic carbocycles. The van der Waals surface area contributed by atoms with Crippen LogP contribution in [0.3, 0.4) is 0 Å². The van der Waals surface area contributed by atoms with Crippen LogP contribution in [-0.4, -0.2) is 16.9 Å². The summed E-state index contributed by atoms with van der Waals surface area (Å²) in [6.45, 7) is 3.30. The van der Waals surface area contributed by atoms with E-state index in [1.165, 1.54) is 18.2 Å². The normalized spacial score (nSPS) is 11.6. The highest BCUT2D eigenvalue weighted by Crippen LogP contribution is 2.22. The summed E-state index contributed by atoms with van der Waals surface area (Å²) in [6.07, 6.45) is -0.731. The van der Waals surface area contributed by atoms with Crippen LogP contribution in [0.2, 0.25) is 5.02 Å². The summed E-state index contributed by atoms with van der Waals surface area (Å²) < 4.78 is 5.53. The molecule has 1 atom stereocenters. The molecule has 2 aromatic carbocycles. The zero-order valence-corrected chi connectivity index (χ0v) is 13.3. The molecule has 0 aliphatic heterocycles. The maximum atomic E-state index is 12.2. The van der Waals surface area contributed by atoms with E-state index in [9.17, 15) is 14.9 Å². The molecule has 6 nitrogen and oxygen atoms in total. The minimum atomic E-state index is -0.731. The highest BCUT2D eigenvalue weighted by Gasteiger charge is 2.17. The van der Waals surface area contributed by atoms with Gasteiger partial charge >= 0.3 is 0 Å². The number of ether oxygens (including phenoxy) is 1. The third-order valence-electron chi connectivity index (χ3n) is 3.17. The van der Waals surface area contributed by atoms with Crippen LogP contribution in [0.15, 0.2) is 42.5 Å². The Morgan fingerprint density at radius 3 is 2.48 bits per heavy atom. The van der Waals surface area contributed by atoms with Crippen molar-refractivity contribution in [1.82, 2.24) is 0 Å². The summed E-state index contributed by atoms with van der Waals surface area (Å²) in [4.78, 5) is 22.4. The average Bonchev–Trinajstić information content (AvgIpc) is 2.51. The van der Waals surface area contributed by atoms with E-state index in [4.69, 9.17) is 16.3 Å². The van der Waals surface area contributed by atoms with Crippen LogP contribution in [0.5, 0.6) is 5.75 Å². The van der Waals surface area contributed by atoms with Gasteiger partial charge in [-0.15, -0.1) is 0 Å². The Morgan fingerprint density at radius 2 is 1.91 bits per heavy atom. The van der Waals surface area contributed by atoms with Gasteiger partial charge in [-0.05, 0) is 49.7 Å². The SMILES string of the molecule is Cc1cc([N+](=O)[O-])ccc1NC(=O)C(C)Oc1ccc(Cl)cc1. The number of aryl methyl sites for hydroxylation is 1. The number of anilines is 1. The number of nitro benzene ring substituents is 1. The van der Waals surface area contributed by atoms with Crippen LogP contribution in [0.4, 0.5) is 11.4 Å². The van der Waals surface area contributed by atoms with E-state index in [1.807, 2.05) is 0 Å². The lowest BCUT2D eigenvalue weighted by atomic mass is 10.1. The highest BCUT2D eigenvalue weighted by atomic mass is 35.5. The fraction of sp³-hybridized carbons (Fsp3) is 0.188. The summed E-state index contributed by atoms with van der Waals surface area (Å²) in [5.74, 6) is 0.175. The lowest BCUT2D eigenvalue weighted by Crippen LogP contribution is -2.30. The van der Waals surface area contributed by atoms with E-state index in [0.29, 0.717) is 22.0 Å². The second kappa shape index (κ2) is 7.11. The van der Waals surface area contributed by atoms with Crippen LogP contribution in [-0.2, 0) is 4.79 Å². The number of nitrogens with one attached hydrogen (secondary N) is 1. The van der Waals surface area contributed by atoms with Crippen molar-refractivity contribution in [3.63, 3.8) is 0 Å². The third kappa shape index (κ3) is 4.43. The van der Waals surface area contributed by atoms with E-state index in [2.05, 4.69) is 5.32 Å². The molecule has 23 heavy (non-hydrogen) atoms. The Balaban J connectivity index is 2.03.